The van der Waals surface area contributed by atoms with Crippen molar-refractivity contribution in [3.05, 3.63) is 63.5 Å². The van der Waals surface area contributed by atoms with Crippen LogP contribution in [0.3, 0.4) is 0 Å². The molecule has 0 radical (unpaired) electrons. The van der Waals surface area contributed by atoms with E-state index in [1.54, 1.807) is 23.7 Å². The maximum Gasteiger partial charge on any atom is 0.339 e. The molecule has 3 aromatic rings. The predicted octanol–water partition coefficient (Wildman–Crippen LogP) is 2.83. The second-order valence-corrected chi connectivity index (χ2v) is 6.14. The van der Waals surface area contributed by atoms with Crippen molar-refractivity contribution in [2.75, 3.05) is 6.26 Å². The number of thiazole rings is 1. The fraction of sp³-hybridized carbons (Fsp3) is 0.133. The lowest BCUT2D eigenvalue weighted by Gasteiger charge is -2.07. The Kier molecular flexibility index (Phi) is 4.26. The van der Waals surface area contributed by atoms with Gasteiger partial charge in [0.2, 0.25) is 0 Å². The molecule has 3 rings (SSSR count). The molecule has 0 aliphatic carbocycles. The lowest BCUT2D eigenvalue weighted by atomic mass is 10.2. The van der Waals surface area contributed by atoms with Gasteiger partial charge >= 0.3 is 5.97 Å². The van der Waals surface area contributed by atoms with Gasteiger partial charge in [-0.2, -0.15) is 0 Å². The molecular weight excluding hydrogens is 320 g/mol. The Morgan fingerprint density at radius 2 is 2.23 bits per heavy atom. The quantitative estimate of drug-likeness (QED) is 0.543. The molecule has 0 unspecified atom stereocenters. The minimum absolute atomic E-state index is 0.0226. The third-order valence-corrected chi connectivity index (χ3v) is 4.59. The summed E-state index contributed by atoms with van der Waals surface area (Å²) >= 11 is 2.84. The first kappa shape index (κ1) is 14.8. The first-order valence-corrected chi connectivity index (χ1v) is 8.55. The van der Waals surface area contributed by atoms with E-state index >= 15 is 0 Å². The van der Waals surface area contributed by atoms with Gasteiger partial charge in [0.15, 0.2) is 4.96 Å². The minimum Gasteiger partial charge on any atom is -0.456 e. The highest BCUT2D eigenvalue weighted by Crippen LogP contribution is 2.20. The van der Waals surface area contributed by atoms with Crippen molar-refractivity contribution in [3.8, 4) is 0 Å². The van der Waals surface area contributed by atoms with Crippen molar-refractivity contribution in [3.63, 3.8) is 0 Å². The molecule has 2 heterocycles. The average Bonchev–Trinajstić information content (AvgIpc) is 3.01. The fourth-order valence-electron chi connectivity index (χ4n) is 1.99. The highest BCUT2D eigenvalue weighted by atomic mass is 32.2. The summed E-state index contributed by atoms with van der Waals surface area (Å²) in [5.74, 6) is -0.418. The van der Waals surface area contributed by atoms with Crippen molar-refractivity contribution >= 4 is 34.0 Å². The van der Waals surface area contributed by atoms with Crippen molar-refractivity contribution in [2.24, 2.45) is 0 Å². The van der Waals surface area contributed by atoms with Gasteiger partial charge in [-0.3, -0.25) is 9.20 Å². The number of hydrogen-bond acceptors (Lipinski definition) is 6. The molecule has 112 valence electrons. The van der Waals surface area contributed by atoms with E-state index in [2.05, 4.69) is 4.98 Å². The number of carbonyl (C=O) groups is 1. The first-order valence-electron chi connectivity index (χ1n) is 6.45. The molecule has 22 heavy (non-hydrogen) atoms. The van der Waals surface area contributed by atoms with Gasteiger partial charge in [0.1, 0.15) is 6.61 Å². The maximum atomic E-state index is 12.2. The summed E-state index contributed by atoms with van der Waals surface area (Å²) in [7, 11) is 0. The number of hydrogen-bond donors (Lipinski definition) is 0. The van der Waals surface area contributed by atoms with Gasteiger partial charge in [-0.05, 0) is 18.4 Å². The first-order chi connectivity index (χ1) is 10.7. The third-order valence-electron chi connectivity index (χ3n) is 3.03. The normalized spacial score (nSPS) is 10.8. The Hall–Kier alpha value is -2.12. The monoisotopic (exact) mass is 332 g/mol. The van der Waals surface area contributed by atoms with Gasteiger partial charge in [0, 0.05) is 22.5 Å². The smallest absolute Gasteiger partial charge is 0.339 e. The molecule has 0 fully saturated rings. The molecule has 2 aromatic heterocycles. The second-order valence-electron chi connectivity index (χ2n) is 4.42. The van der Waals surface area contributed by atoms with E-state index in [-0.39, 0.29) is 12.2 Å². The molecule has 0 aliphatic heterocycles. The van der Waals surface area contributed by atoms with E-state index < -0.39 is 5.97 Å². The molecule has 0 saturated heterocycles. The van der Waals surface area contributed by atoms with Gasteiger partial charge in [0.25, 0.3) is 5.56 Å². The van der Waals surface area contributed by atoms with Gasteiger partial charge < -0.3 is 4.74 Å². The summed E-state index contributed by atoms with van der Waals surface area (Å²) < 4.78 is 6.74. The van der Waals surface area contributed by atoms with Crippen LogP contribution in [0.25, 0.3) is 4.96 Å². The van der Waals surface area contributed by atoms with Crippen molar-refractivity contribution < 1.29 is 9.53 Å². The Balaban J connectivity index is 1.78. The summed E-state index contributed by atoms with van der Waals surface area (Å²) in [6, 6.07) is 8.63. The van der Waals surface area contributed by atoms with Crippen molar-refractivity contribution in [1.29, 1.82) is 0 Å². The molecule has 1 aromatic carbocycles. The molecule has 0 N–H and O–H groups in total. The third kappa shape index (κ3) is 2.90. The number of fused-ring (bicyclic) bond motifs is 1. The number of nitrogens with zero attached hydrogens (tertiary/aromatic N) is 2. The van der Waals surface area contributed by atoms with Crippen LogP contribution in [-0.4, -0.2) is 21.6 Å². The lowest BCUT2D eigenvalue weighted by Crippen LogP contribution is -2.15. The number of benzene rings is 1. The largest absolute Gasteiger partial charge is 0.456 e. The standard InChI is InChI=1S/C15H12N2O3S2/c1-21-12-5-3-2-4-11(12)14(19)20-9-10-8-13(18)17-6-7-22-15(17)16-10/h2-8H,9H2,1H3. The van der Waals surface area contributed by atoms with Crippen LogP contribution in [0.1, 0.15) is 16.1 Å². The number of esters is 1. The minimum atomic E-state index is -0.418. The number of thioether (sulfide) groups is 1. The van der Waals surface area contributed by atoms with Gasteiger partial charge in [-0.1, -0.05) is 12.1 Å². The highest BCUT2D eigenvalue weighted by Gasteiger charge is 2.13. The predicted molar refractivity (Wildman–Crippen MR) is 86.7 cm³/mol. The van der Waals surface area contributed by atoms with Crippen LogP contribution in [0.15, 0.2) is 51.6 Å². The van der Waals surface area contributed by atoms with Crippen molar-refractivity contribution in [2.45, 2.75) is 11.5 Å². The summed E-state index contributed by atoms with van der Waals surface area (Å²) in [6.45, 7) is -0.0226. The van der Waals surface area contributed by atoms with Gasteiger partial charge in [0.05, 0.1) is 11.3 Å². The van der Waals surface area contributed by atoms with E-state index in [0.717, 1.165) is 4.90 Å². The number of aromatic nitrogens is 2. The van der Waals surface area contributed by atoms with Crippen LogP contribution in [-0.2, 0) is 11.3 Å². The fourth-order valence-corrected chi connectivity index (χ4v) is 3.32. The average molecular weight is 332 g/mol. The van der Waals surface area contributed by atoms with E-state index in [9.17, 15) is 9.59 Å². The Bertz CT molecular complexity index is 886. The molecule has 5 nitrogen and oxygen atoms in total. The van der Waals surface area contributed by atoms with Gasteiger partial charge in [-0.15, -0.1) is 23.1 Å². The van der Waals surface area contributed by atoms with Gasteiger partial charge in [-0.25, -0.2) is 9.78 Å². The SMILES string of the molecule is CSc1ccccc1C(=O)OCc1cc(=O)n2ccsc2n1. The molecule has 0 bridgehead atoms. The summed E-state index contributed by atoms with van der Waals surface area (Å²) in [6.07, 6.45) is 3.57. The van der Waals surface area contributed by atoms with Crippen molar-refractivity contribution in [1.82, 2.24) is 9.38 Å². The number of rotatable bonds is 4. The van der Waals surface area contributed by atoms with E-state index in [0.29, 0.717) is 16.2 Å². The maximum absolute atomic E-state index is 12.2. The van der Waals surface area contributed by atoms with Crippen LogP contribution in [0.2, 0.25) is 0 Å². The molecule has 7 heteroatoms. The van der Waals surface area contributed by atoms with Crippen LogP contribution in [0.5, 0.6) is 0 Å². The summed E-state index contributed by atoms with van der Waals surface area (Å²) in [5.41, 5.74) is 0.785. The molecule has 0 saturated carbocycles. The second kappa shape index (κ2) is 6.33. The Morgan fingerprint density at radius 1 is 1.41 bits per heavy atom. The van der Waals surface area contributed by atoms with Crippen LogP contribution >= 0.6 is 23.1 Å². The van der Waals surface area contributed by atoms with E-state index in [1.807, 2.05) is 18.4 Å². The molecule has 0 spiro atoms. The van der Waals surface area contributed by atoms with Crippen LogP contribution in [0, 0.1) is 0 Å². The molecule has 0 aliphatic rings. The van der Waals surface area contributed by atoms with E-state index in [1.165, 1.54) is 33.6 Å². The number of carbonyl (C=O) groups excluding carboxylic acids is 1. The molecular formula is C15H12N2O3S2. The van der Waals surface area contributed by atoms with E-state index in [4.69, 9.17) is 4.74 Å². The molecule has 0 atom stereocenters. The Labute approximate surface area is 134 Å². The lowest BCUT2D eigenvalue weighted by molar-refractivity contribution is 0.0463. The molecule has 0 amide bonds. The Morgan fingerprint density at radius 3 is 3.05 bits per heavy atom. The summed E-state index contributed by atoms with van der Waals surface area (Å²) in [4.78, 5) is 29.8. The highest BCUT2D eigenvalue weighted by molar-refractivity contribution is 7.98. The zero-order valence-electron chi connectivity index (χ0n) is 11.7. The zero-order valence-corrected chi connectivity index (χ0v) is 13.3. The topological polar surface area (TPSA) is 60.7 Å². The van der Waals surface area contributed by atoms with Crippen LogP contribution < -0.4 is 5.56 Å². The van der Waals surface area contributed by atoms with Crippen LogP contribution in [0.4, 0.5) is 0 Å². The zero-order chi connectivity index (χ0) is 15.5. The summed E-state index contributed by atoms with van der Waals surface area (Å²) in [5, 5.41) is 1.79. The number of ether oxygens (including phenoxy) is 1.